The molecule has 0 fully saturated rings. The third kappa shape index (κ3) is 4.19. The fourth-order valence-electron chi connectivity index (χ4n) is 1.72. The van der Waals surface area contributed by atoms with Gasteiger partial charge in [-0.3, -0.25) is 0 Å². The topological polar surface area (TPSA) is 29.5 Å². The van der Waals surface area contributed by atoms with Gasteiger partial charge in [0.2, 0.25) is 0 Å². The molecule has 2 rings (SSSR count). The number of aliphatic hydroxyl groups excluding tert-OH is 1. The lowest BCUT2D eigenvalue weighted by Gasteiger charge is -2.14. The highest BCUT2D eigenvalue weighted by molar-refractivity contribution is 14.1. The normalized spacial score (nSPS) is 12.2. The molecule has 2 aromatic carbocycles. The lowest BCUT2D eigenvalue weighted by atomic mass is 10.1. The van der Waals surface area contributed by atoms with Crippen LogP contribution >= 0.6 is 38.5 Å². The Labute approximate surface area is 135 Å². The molecule has 0 aromatic heterocycles. The summed E-state index contributed by atoms with van der Waals surface area (Å²) in [7, 11) is 0. The van der Waals surface area contributed by atoms with E-state index >= 15 is 0 Å². The summed E-state index contributed by atoms with van der Waals surface area (Å²) in [5.41, 5.74) is 1.90. The van der Waals surface area contributed by atoms with E-state index in [1.165, 1.54) is 3.57 Å². The first-order valence-corrected chi connectivity index (χ1v) is 7.78. The van der Waals surface area contributed by atoms with Gasteiger partial charge in [0.05, 0.1) is 6.10 Å². The van der Waals surface area contributed by atoms with Gasteiger partial charge in [0.25, 0.3) is 0 Å². The van der Waals surface area contributed by atoms with Crippen molar-refractivity contribution < 1.29 is 9.84 Å². The summed E-state index contributed by atoms with van der Waals surface area (Å²) in [6.07, 6.45) is -0.552. The van der Waals surface area contributed by atoms with Gasteiger partial charge in [-0.2, -0.15) is 0 Å². The largest absolute Gasteiger partial charge is 0.489 e. The first kappa shape index (κ1) is 14.8. The van der Waals surface area contributed by atoms with Crippen molar-refractivity contribution in [3.05, 3.63) is 61.6 Å². The second kappa shape index (κ2) is 6.72. The Morgan fingerprint density at radius 3 is 2.53 bits per heavy atom. The average Bonchev–Trinajstić information content (AvgIpc) is 2.39. The van der Waals surface area contributed by atoms with Gasteiger partial charge in [-0.1, -0.05) is 28.1 Å². The zero-order valence-electron chi connectivity index (χ0n) is 10.4. The van der Waals surface area contributed by atoms with Crippen LogP contribution in [0.5, 0.6) is 5.75 Å². The van der Waals surface area contributed by atoms with Gasteiger partial charge >= 0.3 is 0 Å². The Morgan fingerprint density at radius 1 is 1.21 bits per heavy atom. The van der Waals surface area contributed by atoms with Crippen LogP contribution in [0.15, 0.2) is 46.9 Å². The third-order valence-corrected chi connectivity index (χ3v) is 3.94. The van der Waals surface area contributed by atoms with Gasteiger partial charge in [0.15, 0.2) is 0 Å². The number of halogens is 2. The number of rotatable bonds is 4. The first-order valence-electron chi connectivity index (χ1n) is 5.91. The highest BCUT2D eigenvalue weighted by Gasteiger charge is 2.10. The number of benzene rings is 2. The quantitative estimate of drug-likeness (QED) is 0.710. The Bertz CT molecular complexity index is 553. The maximum absolute atomic E-state index is 9.76. The van der Waals surface area contributed by atoms with E-state index in [4.69, 9.17) is 4.74 Å². The Balaban J connectivity index is 2.13. The summed E-state index contributed by atoms with van der Waals surface area (Å²) < 4.78 is 7.93. The van der Waals surface area contributed by atoms with Crippen LogP contribution in [0.3, 0.4) is 0 Å². The maximum atomic E-state index is 9.76. The molecular weight excluding hydrogens is 419 g/mol. The van der Waals surface area contributed by atoms with E-state index in [0.29, 0.717) is 6.61 Å². The van der Waals surface area contributed by atoms with Crippen LogP contribution in [-0.2, 0) is 6.61 Å². The fraction of sp³-hybridized carbons (Fsp3) is 0.200. The van der Waals surface area contributed by atoms with Crippen molar-refractivity contribution in [2.24, 2.45) is 0 Å². The molecule has 19 heavy (non-hydrogen) atoms. The van der Waals surface area contributed by atoms with E-state index < -0.39 is 6.10 Å². The van der Waals surface area contributed by atoms with E-state index in [9.17, 15) is 5.11 Å². The molecule has 0 heterocycles. The minimum absolute atomic E-state index is 0.498. The fourth-order valence-corrected chi connectivity index (χ4v) is 2.46. The predicted octanol–water partition coefficient (Wildman–Crippen LogP) is 4.69. The molecule has 0 aliphatic carbocycles. The van der Waals surface area contributed by atoms with Gasteiger partial charge in [0.1, 0.15) is 12.4 Å². The Hall–Kier alpha value is -0.590. The highest BCUT2D eigenvalue weighted by Crippen LogP contribution is 2.29. The Kier molecular flexibility index (Phi) is 5.24. The molecule has 0 bridgehead atoms. The molecule has 100 valence electrons. The molecule has 2 nitrogen and oxygen atoms in total. The zero-order chi connectivity index (χ0) is 13.8. The lowest BCUT2D eigenvalue weighted by Crippen LogP contribution is -2.01. The number of hydrogen-bond donors (Lipinski definition) is 1. The van der Waals surface area contributed by atoms with Gasteiger partial charge in [-0.15, -0.1) is 0 Å². The van der Waals surface area contributed by atoms with Crippen molar-refractivity contribution in [2.45, 2.75) is 19.6 Å². The summed E-state index contributed by atoms with van der Waals surface area (Å²) in [6.45, 7) is 2.23. The molecule has 2 aromatic rings. The summed E-state index contributed by atoms with van der Waals surface area (Å²) >= 11 is 5.68. The number of ether oxygens (including phenoxy) is 1. The SMILES string of the molecule is CC(O)c1cc(Br)ccc1OCc1ccc(I)cc1. The van der Waals surface area contributed by atoms with Crippen LogP contribution in [0.2, 0.25) is 0 Å². The van der Waals surface area contributed by atoms with E-state index in [1.807, 2.05) is 30.3 Å². The second-order valence-electron chi connectivity index (χ2n) is 4.27. The van der Waals surface area contributed by atoms with Gasteiger partial charge < -0.3 is 9.84 Å². The van der Waals surface area contributed by atoms with Crippen LogP contribution in [-0.4, -0.2) is 5.11 Å². The van der Waals surface area contributed by atoms with Crippen molar-refractivity contribution in [2.75, 3.05) is 0 Å². The second-order valence-corrected chi connectivity index (χ2v) is 6.43. The molecule has 0 aliphatic heterocycles. The van der Waals surface area contributed by atoms with Crippen molar-refractivity contribution in [3.8, 4) is 5.75 Å². The molecule has 0 aliphatic rings. The van der Waals surface area contributed by atoms with Crippen LogP contribution in [0.1, 0.15) is 24.2 Å². The molecule has 0 radical (unpaired) electrons. The van der Waals surface area contributed by atoms with E-state index in [2.05, 4.69) is 50.7 Å². The molecule has 1 atom stereocenters. The summed E-state index contributed by atoms with van der Waals surface area (Å²) in [5, 5.41) is 9.76. The molecule has 1 unspecified atom stereocenters. The predicted molar refractivity (Wildman–Crippen MR) is 88.3 cm³/mol. The van der Waals surface area contributed by atoms with Crippen LogP contribution in [0.25, 0.3) is 0 Å². The van der Waals surface area contributed by atoms with Gasteiger partial charge in [-0.05, 0) is 65.4 Å². The standard InChI is InChI=1S/C15H14BrIO2/c1-10(18)14-8-12(16)4-7-15(14)19-9-11-2-5-13(17)6-3-11/h2-8,10,18H,9H2,1H3. The van der Waals surface area contributed by atoms with Crippen LogP contribution in [0, 0.1) is 3.57 Å². The Morgan fingerprint density at radius 2 is 1.89 bits per heavy atom. The number of aliphatic hydroxyl groups is 1. The van der Waals surface area contributed by atoms with E-state index in [-0.39, 0.29) is 0 Å². The van der Waals surface area contributed by atoms with Crippen molar-refractivity contribution in [3.63, 3.8) is 0 Å². The average molecular weight is 433 g/mol. The minimum atomic E-state index is -0.552. The molecular formula is C15H14BrIO2. The van der Waals surface area contributed by atoms with Crippen LogP contribution in [0.4, 0.5) is 0 Å². The number of hydrogen-bond acceptors (Lipinski definition) is 2. The summed E-state index contributed by atoms with van der Waals surface area (Å²) in [5.74, 6) is 0.719. The summed E-state index contributed by atoms with van der Waals surface area (Å²) in [6, 6.07) is 13.9. The smallest absolute Gasteiger partial charge is 0.125 e. The molecule has 1 N–H and O–H groups in total. The van der Waals surface area contributed by atoms with Crippen molar-refractivity contribution in [1.29, 1.82) is 0 Å². The van der Waals surface area contributed by atoms with Crippen LogP contribution < -0.4 is 4.74 Å². The first-order chi connectivity index (χ1) is 9.06. The third-order valence-electron chi connectivity index (χ3n) is 2.73. The van der Waals surface area contributed by atoms with Crippen molar-refractivity contribution >= 4 is 38.5 Å². The van der Waals surface area contributed by atoms with Gasteiger partial charge in [-0.25, -0.2) is 0 Å². The molecule has 0 amide bonds. The summed E-state index contributed by atoms with van der Waals surface area (Å²) in [4.78, 5) is 0. The maximum Gasteiger partial charge on any atom is 0.125 e. The van der Waals surface area contributed by atoms with E-state index in [0.717, 1.165) is 21.3 Å². The monoisotopic (exact) mass is 432 g/mol. The minimum Gasteiger partial charge on any atom is -0.489 e. The lowest BCUT2D eigenvalue weighted by molar-refractivity contribution is 0.190. The molecule has 0 spiro atoms. The highest BCUT2D eigenvalue weighted by atomic mass is 127. The van der Waals surface area contributed by atoms with Crippen molar-refractivity contribution in [1.82, 2.24) is 0 Å². The molecule has 0 saturated carbocycles. The molecule has 4 heteroatoms. The van der Waals surface area contributed by atoms with E-state index in [1.54, 1.807) is 6.92 Å². The zero-order valence-corrected chi connectivity index (χ0v) is 14.2. The van der Waals surface area contributed by atoms with Gasteiger partial charge in [0, 0.05) is 13.6 Å². The molecule has 0 saturated heterocycles.